The van der Waals surface area contributed by atoms with Crippen LogP contribution in [0.3, 0.4) is 0 Å². The van der Waals surface area contributed by atoms with Crippen LogP contribution in [0.5, 0.6) is 0 Å². The number of para-hydroxylation sites is 3. The molecule has 130 valence electrons. The molecule has 4 nitrogen and oxygen atoms in total. The number of furan rings is 1. The summed E-state index contributed by atoms with van der Waals surface area (Å²) in [7, 11) is 0. The summed E-state index contributed by atoms with van der Waals surface area (Å²) in [6.07, 6.45) is 1.85. The van der Waals surface area contributed by atoms with Crippen LogP contribution in [0.15, 0.2) is 83.4 Å². The third-order valence-electron chi connectivity index (χ3n) is 5.60. The van der Waals surface area contributed by atoms with Gasteiger partial charge in [0.15, 0.2) is 0 Å². The summed E-state index contributed by atoms with van der Waals surface area (Å²) < 4.78 is 8.42. The molecule has 0 aliphatic carbocycles. The normalized spacial score (nSPS) is 12.3. The molecule has 4 heterocycles. The smallest absolute Gasteiger partial charge is 0.147 e. The predicted octanol–water partition coefficient (Wildman–Crippen LogP) is 6.09. The van der Waals surface area contributed by atoms with Crippen LogP contribution in [0.1, 0.15) is 0 Å². The maximum absolute atomic E-state index is 6.16. The van der Waals surface area contributed by atoms with Gasteiger partial charge in [-0.1, -0.05) is 30.3 Å². The van der Waals surface area contributed by atoms with Crippen molar-refractivity contribution in [2.24, 2.45) is 0 Å². The first-order chi connectivity index (χ1) is 13.9. The first-order valence-electron chi connectivity index (χ1n) is 9.28. The Morgan fingerprint density at radius 1 is 0.714 bits per heavy atom. The van der Waals surface area contributed by atoms with Gasteiger partial charge in [0.1, 0.15) is 16.8 Å². The topological polar surface area (TPSA) is 43.3 Å². The molecule has 7 rings (SSSR count). The molecular weight excluding hydrogens is 346 g/mol. The molecule has 4 heteroatoms. The molecule has 0 unspecified atom stereocenters. The van der Waals surface area contributed by atoms with Gasteiger partial charge in [-0.15, -0.1) is 0 Å². The molecular formula is C24H13N3O. The van der Waals surface area contributed by atoms with Crippen molar-refractivity contribution in [1.29, 1.82) is 0 Å². The number of nitrogens with zero attached hydrogens (tertiary/aromatic N) is 3. The number of hydrogen-bond donors (Lipinski definition) is 0. The largest absolute Gasteiger partial charge is 0.456 e. The molecule has 0 N–H and O–H groups in total. The third-order valence-corrected chi connectivity index (χ3v) is 5.60. The SMILES string of the molecule is c1ccc2c(c1)nc1c3cccnc3c3ccc4oc5ccccc5c4c3n21. The molecule has 4 aromatic heterocycles. The molecule has 0 amide bonds. The fourth-order valence-corrected chi connectivity index (χ4v) is 4.46. The molecule has 0 saturated heterocycles. The molecule has 3 aromatic carbocycles. The van der Waals surface area contributed by atoms with E-state index in [1.165, 1.54) is 0 Å². The van der Waals surface area contributed by atoms with Crippen molar-refractivity contribution in [1.82, 2.24) is 14.4 Å². The highest BCUT2D eigenvalue weighted by Gasteiger charge is 2.18. The predicted molar refractivity (Wildman–Crippen MR) is 113 cm³/mol. The van der Waals surface area contributed by atoms with E-state index in [0.717, 1.165) is 60.4 Å². The summed E-state index contributed by atoms with van der Waals surface area (Å²) in [4.78, 5) is 9.67. The van der Waals surface area contributed by atoms with E-state index in [9.17, 15) is 0 Å². The number of rotatable bonds is 0. The molecule has 0 radical (unpaired) electrons. The van der Waals surface area contributed by atoms with Crippen molar-refractivity contribution in [3.8, 4) is 0 Å². The van der Waals surface area contributed by atoms with Gasteiger partial charge >= 0.3 is 0 Å². The van der Waals surface area contributed by atoms with Crippen LogP contribution < -0.4 is 0 Å². The Labute approximate surface area is 158 Å². The van der Waals surface area contributed by atoms with Gasteiger partial charge in [-0.3, -0.25) is 9.38 Å². The van der Waals surface area contributed by atoms with Gasteiger partial charge in [0.05, 0.1) is 27.5 Å². The third kappa shape index (κ3) is 1.61. The van der Waals surface area contributed by atoms with Gasteiger partial charge in [0, 0.05) is 22.4 Å². The van der Waals surface area contributed by atoms with Crippen LogP contribution in [0.25, 0.3) is 60.4 Å². The minimum absolute atomic E-state index is 0.878. The highest BCUT2D eigenvalue weighted by Crippen LogP contribution is 2.39. The molecule has 0 spiro atoms. The van der Waals surface area contributed by atoms with Crippen molar-refractivity contribution in [2.45, 2.75) is 0 Å². The number of benzene rings is 3. The van der Waals surface area contributed by atoms with Crippen LogP contribution >= 0.6 is 0 Å². The highest BCUT2D eigenvalue weighted by molar-refractivity contribution is 6.24. The van der Waals surface area contributed by atoms with Gasteiger partial charge in [-0.25, -0.2) is 4.98 Å². The molecule has 0 aliphatic heterocycles. The van der Waals surface area contributed by atoms with Crippen LogP contribution in [-0.2, 0) is 0 Å². The zero-order chi connectivity index (χ0) is 18.2. The quantitative estimate of drug-likeness (QED) is 0.308. The minimum atomic E-state index is 0.878. The monoisotopic (exact) mass is 359 g/mol. The number of hydrogen-bond acceptors (Lipinski definition) is 3. The molecule has 7 aromatic rings. The van der Waals surface area contributed by atoms with Gasteiger partial charge in [0.2, 0.25) is 0 Å². The Kier molecular flexibility index (Phi) is 2.46. The van der Waals surface area contributed by atoms with Crippen LogP contribution in [0.4, 0.5) is 0 Å². The Hall–Kier alpha value is -3.92. The van der Waals surface area contributed by atoms with Gasteiger partial charge in [-0.2, -0.15) is 0 Å². The number of fused-ring (bicyclic) bond motifs is 12. The van der Waals surface area contributed by atoms with Crippen LogP contribution in [0, 0.1) is 0 Å². The zero-order valence-corrected chi connectivity index (χ0v) is 14.8. The lowest BCUT2D eigenvalue weighted by molar-refractivity contribution is 0.669. The van der Waals surface area contributed by atoms with Crippen molar-refractivity contribution in [3.63, 3.8) is 0 Å². The second-order valence-corrected chi connectivity index (χ2v) is 7.09. The Morgan fingerprint density at radius 3 is 2.57 bits per heavy atom. The second-order valence-electron chi connectivity index (χ2n) is 7.09. The maximum atomic E-state index is 6.16. The summed E-state index contributed by atoms with van der Waals surface area (Å²) in [5.74, 6) is 0. The second kappa shape index (κ2) is 4.87. The first-order valence-corrected chi connectivity index (χ1v) is 9.28. The molecule has 0 saturated carbocycles. The van der Waals surface area contributed by atoms with Crippen LogP contribution in [0.2, 0.25) is 0 Å². The lowest BCUT2D eigenvalue weighted by Gasteiger charge is -2.09. The average molecular weight is 359 g/mol. The lowest BCUT2D eigenvalue weighted by atomic mass is 10.1. The van der Waals surface area contributed by atoms with E-state index in [2.05, 4.69) is 52.9 Å². The average Bonchev–Trinajstić information content (AvgIpc) is 3.32. The lowest BCUT2D eigenvalue weighted by Crippen LogP contribution is -1.93. The Morgan fingerprint density at radius 2 is 1.57 bits per heavy atom. The van der Waals surface area contributed by atoms with E-state index in [1.807, 2.05) is 30.5 Å². The van der Waals surface area contributed by atoms with E-state index in [0.29, 0.717) is 0 Å². The van der Waals surface area contributed by atoms with E-state index < -0.39 is 0 Å². The van der Waals surface area contributed by atoms with Crippen molar-refractivity contribution >= 4 is 60.4 Å². The van der Waals surface area contributed by atoms with E-state index in [-0.39, 0.29) is 0 Å². The Bertz CT molecular complexity index is 1720. The molecule has 0 bridgehead atoms. The fourth-order valence-electron chi connectivity index (χ4n) is 4.46. The van der Waals surface area contributed by atoms with Gasteiger partial charge in [0.25, 0.3) is 0 Å². The molecule has 0 fully saturated rings. The number of pyridine rings is 2. The van der Waals surface area contributed by atoms with Crippen LogP contribution in [-0.4, -0.2) is 14.4 Å². The van der Waals surface area contributed by atoms with Crippen molar-refractivity contribution in [2.75, 3.05) is 0 Å². The molecule has 28 heavy (non-hydrogen) atoms. The number of aromatic nitrogens is 3. The van der Waals surface area contributed by atoms with Crippen molar-refractivity contribution < 1.29 is 4.42 Å². The first kappa shape index (κ1) is 14.2. The van der Waals surface area contributed by atoms with Crippen molar-refractivity contribution in [3.05, 3.63) is 79.0 Å². The minimum Gasteiger partial charge on any atom is -0.456 e. The Balaban J connectivity index is 1.94. The molecule has 0 atom stereocenters. The standard InChI is InChI=1S/C24H13N3O/c1-4-10-19-14(6-1)21-20(28-19)12-11-15-22-16(7-5-13-25-22)24-26-17-8-2-3-9-18(17)27(24)23(15)21/h1-13H. The summed E-state index contributed by atoms with van der Waals surface area (Å²) in [6, 6.07) is 24.7. The highest BCUT2D eigenvalue weighted by atomic mass is 16.3. The van der Waals surface area contributed by atoms with E-state index >= 15 is 0 Å². The number of imidazole rings is 1. The van der Waals surface area contributed by atoms with Gasteiger partial charge in [-0.05, 0) is 42.5 Å². The maximum Gasteiger partial charge on any atom is 0.147 e. The van der Waals surface area contributed by atoms with E-state index in [1.54, 1.807) is 0 Å². The van der Waals surface area contributed by atoms with E-state index in [4.69, 9.17) is 14.4 Å². The summed E-state index contributed by atoms with van der Waals surface area (Å²) in [5.41, 5.74) is 6.82. The summed E-state index contributed by atoms with van der Waals surface area (Å²) >= 11 is 0. The zero-order valence-electron chi connectivity index (χ0n) is 14.8. The van der Waals surface area contributed by atoms with Gasteiger partial charge < -0.3 is 4.42 Å². The summed E-state index contributed by atoms with van der Waals surface area (Å²) in [5, 5.41) is 4.37. The fraction of sp³-hybridized carbons (Fsp3) is 0. The summed E-state index contributed by atoms with van der Waals surface area (Å²) in [6.45, 7) is 0. The molecule has 0 aliphatic rings.